The Morgan fingerprint density at radius 3 is 2.23 bits per heavy atom. The average Bonchev–Trinajstić information content (AvgIpc) is 2.96. The average molecular weight is 563 g/mol. The van der Waals surface area contributed by atoms with Crippen molar-refractivity contribution < 1.29 is 37.0 Å². The van der Waals surface area contributed by atoms with Crippen molar-refractivity contribution >= 4 is 11.9 Å². The molecule has 5 nitrogen and oxygen atoms in total. The number of halogens is 3. The van der Waals surface area contributed by atoms with Crippen LogP contribution in [0.4, 0.5) is 13.2 Å². The summed E-state index contributed by atoms with van der Waals surface area (Å²) in [6.07, 6.45) is 6.53. The second kappa shape index (κ2) is 15.7. The van der Waals surface area contributed by atoms with E-state index in [-0.39, 0.29) is 36.0 Å². The van der Waals surface area contributed by atoms with Crippen molar-refractivity contribution in [1.82, 2.24) is 0 Å². The SMILES string of the molecule is CCCCCCCOc1ccc(C(=O)Oc2ccc(C3CCC(OC(=O)[C@@H](F)[C@@H](C)CC)CC3)cc2)c(F)c1F. The molecular formula is C32H41F3O5. The molecule has 0 saturated heterocycles. The number of esters is 2. The van der Waals surface area contributed by atoms with E-state index in [1.807, 2.05) is 19.1 Å². The maximum absolute atomic E-state index is 14.6. The largest absolute Gasteiger partial charge is 0.490 e. The number of ether oxygens (including phenoxy) is 3. The number of hydrogen-bond acceptors (Lipinski definition) is 5. The van der Waals surface area contributed by atoms with Gasteiger partial charge in [-0.15, -0.1) is 0 Å². The Morgan fingerprint density at radius 2 is 1.57 bits per heavy atom. The van der Waals surface area contributed by atoms with E-state index in [0.29, 0.717) is 19.3 Å². The van der Waals surface area contributed by atoms with E-state index in [1.165, 1.54) is 12.1 Å². The van der Waals surface area contributed by atoms with Crippen LogP contribution in [-0.2, 0) is 9.53 Å². The van der Waals surface area contributed by atoms with Crippen LogP contribution in [0.5, 0.6) is 11.5 Å². The molecule has 0 aliphatic heterocycles. The summed E-state index contributed by atoms with van der Waals surface area (Å²) < 4.78 is 59.2. The fraction of sp³-hybridized carbons (Fsp3) is 0.562. The Labute approximate surface area is 235 Å². The van der Waals surface area contributed by atoms with Crippen LogP contribution in [-0.4, -0.2) is 30.8 Å². The summed E-state index contributed by atoms with van der Waals surface area (Å²) in [6.45, 7) is 5.93. The number of rotatable bonds is 14. The van der Waals surface area contributed by atoms with Gasteiger partial charge in [0.1, 0.15) is 11.9 Å². The van der Waals surface area contributed by atoms with E-state index in [0.717, 1.165) is 50.5 Å². The van der Waals surface area contributed by atoms with Crippen LogP contribution in [0.1, 0.15) is 107 Å². The quantitative estimate of drug-likeness (QED) is 0.131. The number of hydrogen-bond donors (Lipinski definition) is 0. The van der Waals surface area contributed by atoms with Gasteiger partial charge < -0.3 is 14.2 Å². The zero-order chi connectivity index (χ0) is 29.1. The molecule has 2 aromatic rings. The highest BCUT2D eigenvalue weighted by molar-refractivity contribution is 5.91. The standard InChI is InChI=1S/C32H41F3O5/c1-4-6-7-8-9-20-38-27-19-18-26(29(34)30(27)35)31(36)39-24-14-10-22(11-15-24)23-12-16-25(17-13-23)40-32(37)28(33)21(3)5-2/h10-11,14-15,18-19,21,23,25,28H,4-9,12-13,16-17,20H2,1-3H3/t21-,23?,25?,28-/m0/s1. The number of alkyl halides is 1. The van der Waals surface area contributed by atoms with Crippen molar-refractivity contribution in [2.24, 2.45) is 5.92 Å². The molecule has 8 heteroatoms. The van der Waals surface area contributed by atoms with Crippen LogP contribution in [0.2, 0.25) is 0 Å². The smallest absolute Gasteiger partial charge is 0.346 e. The zero-order valence-corrected chi connectivity index (χ0v) is 23.7. The Kier molecular flexibility index (Phi) is 12.3. The normalized spacial score (nSPS) is 18.6. The molecule has 1 aliphatic carbocycles. The topological polar surface area (TPSA) is 61.8 Å². The summed E-state index contributed by atoms with van der Waals surface area (Å²) in [6, 6.07) is 9.30. The first-order valence-corrected chi connectivity index (χ1v) is 14.5. The lowest BCUT2D eigenvalue weighted by molar-refractivity contribution is -0.158. The second-order valence-electron chi connectivity index (χ2n) is 10.7. The fourth-order valence-electron chi connectivity index (χ4n) is 4.84. The third-order valence-corrected chi connectivity index (χ3v) is 7.66. The van der Waals surface area contributed by atoms with E-state index >= 15 is 0 Å². The van der Waals surface area contributed by atoms with Gasteiger partial charge >= 0.3 is 11.9 Å². The Bertz CT molecular complexity index is 1100. The molecule has 1 saturated carbocycles. The van der Waals surface area contributed by atoms with Crippen molar-refractivity contribution in [2.75, 3.05) is 6.61 Å². The fourth-order valence-corrected chi connectivity index (χ4v) is 4.84. The minimum absolute atomic E-state index is 0.211. The maximum Gasteiger partial charge on any atom is 0.346 e. The van der Waals surface area contributed by atoms with Crippen LogP contribution < -0.4 is 9.47 Å². The van der Waals surface area contributed by atoms with Gasteiger partial charge in [-0.05, 0) is 73.8 Å². The molecular weight excluding hydrogens is 521 g/mol. The molecule has 0 radical (unpaired) electrons. The molecule has 0 amide bonds. The lowest BCUT2D eigenvalue weighted by atomic mass is 9.82. The van der Waals surface area contributed by atoms with E-state index in [2.05, 4.69) is 6.92 Å². The van der Waals surface area contributed by atoms with Gasteiger partial charge in [-0.3, -0.25) is 0 Å². The van der Waals surface area contributed by atoms with E-state index in [4.69, 9.17) is 14.2 Å². The summed E-state index contributed by atoms with van der Waals surface area (Å²) in [5.41, 5.74) is 0.523. The first-order valence-electron chi connectivity index (χ1n) is 14.5. The van der Waals surface area contributed by atoms with Crippen LogP contribution >= 0.6 is 0 Å². The Balaban J connectivity index is 1.49. The molecule has 0 heterocycles. The number of benzene rings is 2. The molecule has 0 spiro atoms. The number of carbonyl (C=O) groups excluding carboxylic acids is 2. The van der Waals surface area contributed by atoms with E-state index in [1.54, 1.807) is 19.1 Å². The highest BCUT2D eigenvalue weighted by atomic mass is 19.2. The minimum Gasteiger partial charge on any atom is -0.490 e. The molecule has 2 aromatic carbocycles. The molecule has 0 N–H and O–H groups in total. The Hall–Kier alpha value is -3.03. The third kappa shape index (κ3) is 8.73. The van der Waals surface area contributed by atoms with E-state index < -0.39 is 35.3 Å². The highest BCUT2D eigenvalue weighted by Gasteiger charge is 2.30. The summed E-state index contributed by atoms with van der Waals surface area (Å²) in [7, 11) is 0. The van der Waals surface area contributed by atoms with Crippen molar-refractivity contribution in [2.45, 2.75) is 103 Å². The van der Waals surface area contributed by atoms with Gasteiger partial charge in [-0.25, -0.2) is 18.4 Å². The predicted molar refractivity (Wildman–Crippen MR) is 147 cm³/mol. The van der Waals surface area contributed by atoms with Crippen molar-refractivity contribution in [3.8, 4) is 11.5 Å². The summed E-state index contributed by atoms with van der Waals surface area (Å²) >= 11 is 0. The van der Waals surface area contributed by atoms with Crippen LogP contribution in [0, 0.1) is 17.6 Å². The van der Waals surface area contributed by atoms with Crippen molar-refractivity contribution in [1.29, 1.82) is 0 Å². The first kappa shape index (κ1) is 31.5. The summed E-state index contributed by atoms with van der Waals surface area (Å²) in [4.78, 5) is 24.6. The van der Waals surface area contributed by atoms with Gasteiger partial charge in [0.15, 0.2) is 17.7 Å². The van der Waals surface area contributed by atoms with Gasteiger partial charge in [-0.2, -0.15) is 4.39 Å². The highest BCUT2D eigenvalue weighted by Crippen LogP contribution is 2.35. The molecule has 0 bridgehead atoms. The summed E-state index contributed by atoms with van der Waals surface area (Å²) in [5, 5.41) is 0. The van der Waals surface area contributed by atoms with Gasteiger partial charge in [-0.1, -0.05) is 65.0 Å². The molecule has 3 rings (SSSR count). The van der Waals surface area contributed by atoms with Gasteiger partial charge in [0, 0.05) is 0 Å². The van der Waals surface area contributed by atoms with Gasteiger partial charge in [0.05, 0.1) is 12.2 Å². The van der Waals surface area contributed by atoms with Crippen LogP contribution in [0.25, 0.3) is 0 Å². The van der Waals surface area contributed by atoms with Crippen LogP contribution in [0.15, 0.2) is 36.4 Å². The lowest BCUT2D eigenvalue weighted by Crippen LogP contribution is -2.31. The maximum atomic E-state index is 14.6. The number of unbranched alkanes of at least 4 members (excludes halogenated alkanes) is 4. The molecule has 1 fully saturated rings. The molecule has 0 aromatic heterocycles. The lowest BCUT2D eigenvalue weighted by Gasteiger charge is -2.29. The zero-order valence-electron chi connectivity index (χ0n) is 23.7. The third-order valence-electron chi connectivity index (χ3n) is 7.66. The first-order chi connectivity index (χ1) is 19.2. The van der Waals surface area contributed by atoms with Crippen molar-refractivity contribution in [3.63, 3.8) is 0 Å². The summed E-state index contributed by atoms with van der Waals surface area (Å²) in [5.74, 6) is -4.44. The monoisotopic (exact) mass is 562 g/mol. The van der Waals surface area contributed by atoms with Crippen LogP contribution in [0.3, 0.4) is 0 Å². The Morgan fingerprint density at radius 1 is 0.900 bits per heavy atom. The number of carbonyl (C=O) groups is 2. The van der Waals surface area contributed by atoms with E-state index in [9.17, 15) is 22.8 Å². The molecule has 1 aliphatic rings. The molecule has 2 atom stereocenters. The molecule has 0 unspecified atom stereocenters. The predicted octanol–water partition coefficient (Wildman–Crippen LogP) is 8.49. The minimum atomic E-state index is -1.60. The van der Waals surface area contributed by atoms with Gasteiger partial charge in [0.25, 0.3) is 0 Å². The van der Waals surface area contributed by atoms with Crippen molar-refractivity contribution in [3.05, 3.63) is 59.2 Å². The van der Waals surface area contributed by atoms with Gasteiger partial charge in [0.2, 0.25) is 5.82 Å². The molecule has 40 heavy (non-hydrogen) atoms. The second-order valence-corrected chi connectivity index (χ2v) is 10.7. The molecule has 220 valence electrons.